The first-order chi connectivity index (χ1) is 6.88. The van der Waals surface area contributed by atoms with Crippen molar-refractivity contribution in [2.24, 2.45) is 0 Å². The third kappa shape index (κ3) is 4.01. The van der Waals surface area contributed by atoms with Gasteiger partial charge in [0, 0.05) is 0 Å². The largest absolute Gasteiger partial charge is 0.575 e. The van der Waals surface area contributed by atoms with Crippen molar-refractivity contribution >= 4 is 5.97 Å². The van der Waals surface area contributed by atoms with Gasteiger partial charge in [0.1, 0.15) is 0 Å². The van der Waals surface area contributed by atoms with E-state index < -0.39 is 12.3 Å². The van der Waals surface area contributed by atoms with Gasteiger partial charge in [0.05, 0.1) is 6.42 Å². The number of hydrogen-bond acceptors (Lipinski definition) is 2. The van der Waals surface area contributed by atoms with Crippen LogP contribution in [0.1, 0.15) is 11.1 Å². The van der Waals surface area contributed by atoms with Gasteiger partial charge in [-0.25, -0.2) is 0 Å². The predicted octanol–water partition coefficient (Wildman–Crippen LogP) is 2.60. The molecule has 2 nitrogen and oxygen atoms in total. The Morgan fingerprint density at radius 3 is 2.47 bits per heavy atom. The van der Waals surface area contributed by atoms with E-state index >= 15 is 0 Å². The van der Waals surface area contributed by atoms with Crippen LogP contribution in [0, 0.1) is 6.92 Å². The Morgan fingerprint density at radius 1 is 1.33 bits per heavy atom. The molecular formula is C10H9F3O2. The van der Waals surface area contributed by atoms with Crippen LogP contribution >= 0.6 is 0 Å². The zero-order valence-electron chi connectivity index (χ0n) is 7.97. The average Bonchev–Trinajstić information content (AvgIpc) is 2.05. The summed E-state index contributed by atoms with van der Waals surface area (Å²) in [6.45, 7) is 1.72. The molecule has 0 bridgehead atoms. The second-order valence-electron chi connectivity index (χ2n) is 3.02. The molecule has 0 amide bonds. The molecule has 1 aromatic rings. The fourth-order valence-electron chi connectivity index (χ4n) is 1.13. The van der Waals surface area contributed by atoms with Gasteiger partial charge in [0.25, 0.3) is 0 Å². The number of halogens is 3. The Kier molecular flexibility index (Phi) is 3.34. The standard InChI is InChI=1S/C10H9F3O2/c1-7-4-2-3-5-8(7)6-9(14)15-10(11,12)13/h2-5H,6H2,1H3. The molecule has 0 aliphatic rings. The van der Waals surface area contributed by atoms with E-state index in [4.69, 9.17) is 0 Å². The molecule has 0 fully saturated rings. The van der Waals surface area contributed by atoms with Gasteiger partial charge in [-0.2, -0.15) is 0 Å². The Morgan fingerprint density at radius 2 is 1.93 bits per heavy atom. The van der Waals surface area contributed by atoms with Gasteiger partial charge in [-0.1, -0.05) is 24.3 Å². The number of ether oxygens (including phenoxy) is 1. The van der Waals surface area contributed by atoms with Crippen molar-refractivity contribution in [2.75, 3.05) is 0 Å². The van der Waals surface area contributed by atoms with E-state index in [1.165, 1.54) is 0 Å². The molecule has 1 aromatic carbocycles. The number of hydrogen-bond donors (Lipinski definition) is 0. The summed E-state index contributed by atoms with van der Waals surface area (Å²) < 4.78 is 38.3. The topological polar surface area (TPSA) is 26.3 Å². The van der Waals surface area contributed by atoms with E-state index in [0.29, 0.717) is 5.56 Å². The number of aryl methyl sites for hydroxylation is 1. The number of carbonyl (C=O) groups excluding carboxylic acids is 1. The van der Waals surface area contributed by atoms with Crippen LogP contribution in [0.15, 0.2) is 24.3 Å². The van der Waals surface area contributed by atoms with Crippen molar-refractivity contribution in [3.8, 4) is 0 Å². The van der Waals surface area contributed by atoms with Gasteiger partial charge in [0.15, 0.2) is 0 Å². The van der Waals surface area contributed by atoms with E-state index in [-0.39, 0.29) is 6.42 Å². The number of esters is 1. The van der Waals surface area contributed by atoms with E-state index in [0.717, 1.165) is 5.56 Å². The maximum absolute atomic E-state index is 11.7. The molecule has 0 radical (unpaired) electrons. The normalized spacial score (nSPS) is 11.2. The van der Waals surface area contributed by atoms with Crippen LogP contribution in [0.5, 0.6) is 0 Å². The molecule has 0 heterocycles. The smallest absolute Gasteiger partial charge is 0.373 e. The molecular weight excluding hydrogens is 209 g/mol. The first kappa shape index (κ1) is 11.6. The number of carbonyl (C=O) groups is 1. The molecule has 0 aliphatic heterocycles. The van der Waals surface area contributed by atoms with Gasteiger partial charge >= 0.3 is 12.3 Å². The minimum atomic E-state index is -4.90. The van der Waals surface area contributed by atoms with Crippen molar-refractivity contribution in [3.05, 3.63) is 35.4 Å². The van der Waals surface area contributed by atoms with Crippen LogP contribution in [0.2, 0.25) is 0 Å². The second kappa shape index (κ2) is 4.33. The third-order valence-corrected chi connectivity index (χ3v) is 1.83. The Bertz CT molecular complexity index is 358. The lowest BCUT2D eigenvalue weighted by Gasteiger charge is -2.08. The van der Waals surface area contributed by atoms with E-state index in [9.17, 15) is 18.0 Å². The van der Waals surface area contributed by atoms with Crippen LogP contribution in [0.4, 0.5) is 13.2 Å². The summed E-state index contributed by atoms with van der Waals surface area (Å²) >= 11 is 0. The monoisotopic (exact) mass is 218 g/mol. The van der Waals surface area contributed by atoms with Crippen molar-refractivity contribution in [2.45, 2.75) is 19.7 Å². The van der Waals surface area contributed by atoms with Gasteiger partial charge in [-0.3, -0.25) is 4.79 Å². The van der Waals surface area contributed by atoms with Crippen molar-refractivity contribution in [1.82, 2.24) is 0 Å². The molecule has 0 unspecified atom stereocenters. The van der Waals surface area contributed by atoms with Gasteiger partial charge < -0.3 is 4.74 Å². The van der Waals surface area contributed by atoms with Crippen LogP contribution in [-0.4, -0.2) is 12.3 Å². The fraction of sp³-hybridized carbons (Fsp3) is 0.300. The van der Waals surface area contributed by atoms with Gasteiger partial charge in [0.2, 0.25) is 0 Å². The molecule has 82 valence electrons. The lowest BCUT2D eigenvalue weighted by molar-refractivity contribution is -0.305. The van der Waals surface area contributed by atoms with Crippen LogP contribution in [0.3, 0.4) is 0 Å². The summed E-state index contributed by atoms with van der Waals surface area (Å²) in [5.41, 5.74) is 1.29. The Hall–Kier alpha value is -1.52. The molecule has 15 heavy (non-hydrogen) atoms. The maximum Gasteiger partial charge on any atom is 0.575 e. The number of rotatable bonds is 2. The van der Waals surface area contributed by atoms with Gasteiger partial charge in [-0.05, 0) is 18.1 Å². The van der Waals surface area contributed by atoms with Crippen LogP contribution in [0.25, 0.3) is 0 Å². The zero-order valence-corrected chi connectivity index (χ0v) is 7.97. The maximum atomic E-state index is 11.7. The molecule has 0 saturated carbocycles. The number of alkyl halides is 3. The summed E-state index contributed by atoms with van der Waals surface area (Å²) in [4.78, 5) is 10.8. The molecule has 0 atom stereocenters. The summed E-state index contributed by atoms with van der Waals surface area (Å²) in [7, 11) is 0. The first-order valence-corrected chi connectivity index (χ1v) is 4.21. The molecule has 0 N–H and O–H groups in total. The van der Waals surface area contributed by atoms with Crippen LogP contribution < -0.4 is 0 Å². The summed E-state index contributed by atoms with van der Waals surface area (Å²) in [6.07, 6.45) is -5.27. The average molecular weight is 218 g/mol. The highest BCUT2D eigenvalue weighted by atomic mass is 19.4. The molecule has 0 spiro atoms. The minimum Gasteiger partial charge on any atom is -0.373 e. The van der Waals surface area contributed by atoms with Crippen molar-refractivity contribution in [3.63, 3.8) is 0 Å². The minimum absolute atomic E-state index is 0.369. The summed E-state index contributed by atoms with van der Waals surface area (Å²) in [6, 6.07) is 6.71. The molecule has 0 aliphatic carbocycles. The lowest BCUT2D eigenvalue weighted by atomic mass is 10.1. The highest BCUT2D eigenvalue weighted by Crippen LogP contribution is 2.18. The number of benzene rings is 1. The first-order valence-electron chi connectivity index (χ1n) is 4.21. The SMILES string of the molecule is Cc1ccccc1CC(=O)OC(F)(F)F. The van der Waals surface area contributed by atoms with Crippen molar-refractivity contribution in [1.29, 1.82) is 0 Å². The lowest BCUT2D eigenvalue weighted by Crippen LogP contribution is -2.21. The van der Waals surface area contributed by atoms with Gasteiger partial charge in [-0.15, -0.1) is 13.2 Å². The Labute approximate surface area is 84.7 Å². The Balaban J connectivity index is 2.64. The van der Waals surface area contributed by atoms with Crippen LogP contribution in [-0.2, 0) is 16.0 Å². The molecule has 1 rings (SSSR count). The van der Waals surface area contributed by atoms with E-state index in [1.807, 2.05) is 0 Å². The highest BCUT2D eigenvalue weighted by Gasteiger charge is 2.33. The molecule has 0 aromatic heterocycles. The second-order valence-corrected chi connectivity index (χ2v) is 3.02. The zero-order chi connectivity index (χ0) is 11.5. The summed E-state index contributed by atoms with van der Waals surface area (Å²) in [5, 5.41) is 0. The predicted molar refractivity (Wildman–Crippen MR) is 47.0 cm³/mol. The fourth-order valence-corrected chi connectivity index (χ4v) is 1.13. The summed E-state index contributed by atoms with van der Waals surface area (Å²) in [5.74, 6) is -1.29. The highest BCUT2D eigenvalue weighted by molar-refractivity contribution is 5.73. The molecule has 0 saturated heterocycles. The van der Waals surface area contributed by atoms with E-state index in [1.54, 1.807) is 31.2 Å². The quantitative estimate of drug-likeness (QED) is 0.713. The third-order valence-electron chi connectivity index (χ3n) is 1.83. The molecule has 5 heteroatoms. The van der Waals surface area contributed by atoms with E-state index in [2.05, 4.69) is 4.74 Å². The van der Waals surface area contributed by atoms with Crippen molar-refractivity contribution < 1.29 is 22.7 Å².